The molecule has 5 nitrogen and oxygen atoms in total. The molecular weight excluding hydrogens is 368 g/mol. The predicted octanol–water partition coefficient (Wildman–Crippen LogP) is 5.09. The first kappa shape index (κ1) is 19.6. The quantitative estimate of drug-likeness (QED) is 0.720. The van der Waals surface area contributed by atoms with Gasteiger partial charge in [0.05, 0.1) is 10.3 Å². The molecule has 0 radical (unpaired) electrons. The number of carbonyl (C=O) groups excluding carboxylic acids is 1. The van der Waals surface area contributed by atoms with Crippen molar-refractivity contribution in [2.45, 2.75) is 84.2 Å². The smallest absolute Gasteiger partial charge is 0.264 e. The van der Waals surface area contributed by atoms with Crippen LogP contribution in [-0.4, -0.2) is 46.5 Å². The summed E-state index contributed by atoms with van der Waals surface area (Å²) in [6.45, 7) is 7.36. The van der Waals surface area contributed by atoms with Crippen molar-refractivity contribution in [3.63, 3.8) is 0 Å². The zero-order valence-corrected chi connectivity index (χ0v) is 18.4. The number of thiophene rings is 1. The zero-order valence-electron chi connectivity index (χ0n) is 17.6. The normalized spacial score (nSPS) is 21.3. The van der Waals surface area contributed by atoms with Gasteiger partial charge < -0.3 is 9.80 Å². The van der Waals surface area contributed by atoms with E-state index >= 15 is 0 Å². The Labute approximate surface area is 172 Å². The Hall–Kier alpha value is -1.69. The van der Waals surface area contributed by atoms with Gasteiger partial charge in [0, 0.05) is 25.7 Å². The second-order valence-corrected chi connectivity index (χ2v) is 9.58. The van der Waals surface area contributed by atoms with Gasteiger partial charge in [-0.2, -0.15) is 0 Å². The van der Waals surface area contributed by atoms with E-state index in [4.69, 9.17) is 9.97 Å². The summed E-state index contributed by atoms with van der Waals surface area (Å²) in [5.74, 6) is 1.98. The second-order valence-electron chi connectivity index (χ2n) is 8.58. The number of hydrogen-bond donors (Lipinski definition) is 0. The van der Waals surface area contributed by atoms with Crippen LogP contribution in [0.5, 0.6) is 0 Å². The molecule has 0 aromatic carbocycles. The van der Waals surface area contributed by atoms with Crippen molar-refractivity contribution < 1.29 is 4.79 Å². The predicted molar refractivity (Wildman–Crippen MR) is 117 cm³/mol. The van der Waals surface area contributed by atoms with Gasteiger partial charge in [-0.1, -0.05) is 19.3 Å². The number of rotatable bonds is 3. The van der Waals surface area contributed by atoms with Crippen molar-refractivity contribution >= 4 is 33.3 Å². The lowest BCUT2D eigenvalue weighted by molar-refractivity contribution is 0.0700. The van der Waals surface area contributed by atoms with Crippen LogP contribution in [-0.2, 0) is 0 Å². The molecule has 1 atom stereocenters. The Morgan fingerprint density at radius 2 is 1.79 bits per heavy atom. The average molecular weight is 401 g/mol. The largest absolute Gasteiger partial charge is 0.353 e. The topological polar surface area (TPSA) is 49.3 Å². The fourth-order valence-corrected chi connectivity index (χ4v) is 6.04. The average Bonchev–Trinajstić information content (AvgIpc) is 3.03. The number of piperidine rings is 1. The van der Waals surface area contributed by atoms with E-state index in [1.807, 2.05) is 18.9 Å². The van der Waals surface area contributed by atoms with E-state index in [2.05, 4.69) is 18.7 Å². The molecule has 1 aliphatic heterocycles. The molecule has 1 amide bonds. The third-order valence-electron chi connectivity index (χ3n) is 6.59. The molecular formula is C22H32N4OS. The van der Waals surface area contributed by atoms with Crippen LogP contribution in [0.3, 0.4) is 0 Å². The van der Waals surface area contributed by atoms with E-state index in [-0.39, 0.29) is 5.91 Å². The number of anilines is 1. The number of aromatic nitrogens is 2. The summed E-state index contributed by atoms with van der Waals surface area (Å²) in [5, 5.41) is 1.09. The Balaban J connectivity index is 1.73. The van der Waals surface area contributed by atoms with Crippen molar-refractivity contribution in [1.29, 1.82) is 0 Å². The number of nitrogens with zero attached hydrogens (tertiary/aromatic N) is 4. The van der Waals surface area contributed by atoms with E-state index in [1.165, 1.54) is 38.5 Å². The van der Waals surface area contributed by atoms with Crippen molar-refractivity contribution in [2.24, 2.45) is 0 Å². The molecule has 3 heterocycles. The van der Waals surface area contributed by atoms with Gasteiger partial charge in [0.15, 0.2) is 0 Å². The lowest BCUT2D eigenvalue weighted by atomic mass is 9.94. The summed E-state index contributed by atoms with van der Waals surface area (Å²) in [5.41, 5.74) is 1.06. The molecule has 2 fully saturated rings. The molecule has 2 aromatic rings. The van der Waals surface area contributed by atoms with Crippen molar-refractivity contribution in [1.82, 2.24) is 14.9 Å². The zero-order chi connectivity index (χ0) is 19.8. The van der Waals surface area contributed by atoms with Crippen LogP contribution in [0.15, 0.2) is 0 Å². The van der Waals surface area contributed by atoms with Crippen LogP contribution in [0.4, 0.5) is 5.82 Å². The van der Waals surface area contributed by atoms with E-state index in [0.717, 1.165) is 51.7 Å². The standard InChI is InChI=1S/C22H32N4OS/c1-14-10-8-9-13-26(14)20-18-15(2)19(28-21(18)24-16(3)23-20)22(27)25(4)17-11-6-5-7-12-17/h14,17H,5-13H2,1-4H3/t14-/m0/s1. The van der Waals surface area contributed by atoms with Crippen molar-refractivity contribution in [3.8, 4) is 0 Å². The summed E-state index contributed by atoms with van der Waals surface area (Å²) in [6, 6.07) is 0.856. The highest BCUT2D eigenvalue weighted by atomic mass is 32.1. The molecule has 1 aliphatic carbocycles. The van der Waals surface area contributed by atoms with E-state index < -0.39 is 0 Å². The third-order valence-corrected chi connectivity index (χ3v) is 7.77. The SMILES string of the molecule is Cc1nc(N2CCCC[C@@H]2C)c2c(C)c(C(=O)N(C)C3CCCCC3)sc2n1. The fourth-order valence-electron chi connectivity index (χ4n) is 4.84. The Bertz CT molecular complexity index is 871. The van der Waals surface area contributed by atoms with Gasteiger partial charge in [0.1, 0.15) is 16.5 Å². The van der Waals surface area contributed by atoms with Gasteiger partial charge in [-0.25, -0.2) is 9.97 Å². The minimum absolute atomic E-state index is 0.155. The van der Waals surface area contributed by atoms with Crippen LogP contribution < -0.4 is 4.90 Å². The molecule has 4 rings (SSSR count). The van der Waals surface area contributed by atoms with Crippen molar-refractivity contribution in [2.75, 3.05) is 18.5 Å². The second kappa shape index (κ2) is 7.97. The summed E-state index contributed by atoms with van der Waals surface area (Å²) in [4.78, 5) is 29.1. The van der Waals surface area contributed by atoms with E-state index in [0.29, 0.717) is 12.1 Å². The maximum atomic E-state index is 13.3. The van der Waals surface area contributed by atoms with Gasteiger partial charge in [0.2, 0.25) is 0 Å². The molecule has 152 valence electrons. The molecule has 28 heavy (non-hydrogen) atoms. The number of fused-ring (bicyclic) bond motifs is 1. The lowest BCUT2D eigenvalue weighted by Gasteiger charge is -2.35. The highest BCUT2D eigenvalue weighted by Crippen LogP contribution is 2.38. The molecule has 1 saturated carbocycles. The summed E-state index contributed by atoms with van der Waals surface area (Å²) >= 11 is 1.55. The molecule has 0 spiro atoms. The maximum Gasteiger partial charge on any atom is 0.264 e. The highest BCUT2D eigenvalue weighted by Gasteiger charge is 2.29. The van der Waals surface area contributed by atoms with Crippen LogP contribution >= 0.6 is 11.3 Å². The van der Waals surface area contributed by atoms with Gasteiger partial charge in [0.25, 0.3) is 5.91 Å². The number of aryl methyl sites for hydroxylation is 2. The van der Waals surface area contributed by atoms with Crippen molar-refractivity contribution in [3.05, 3.63) is 16.3 Å². The summed E-state index contributed by atoms with van der Waals surface area (Å²) in [7, 11) is 1.98. The summed E-state index contributed by atoms with van der Waals surface area (Å²) in [6.07, 6.45) is 9.70. The Kier molecular flexibility index (Phi) is 5.59. The molecule has 0 bridgehead atoms. The third kappa shape index (κ3) is 3.51. The van der Waals surface area contributed by atoms with Gasteiger partial charge in [-0.15, -0.1) is 11.3 Å². The first-order valence-corrected chi connectivity index (χ1v) is 11.6. The molecule has 1 saturated heterocycles. The monoisotopic (exact) mass is 400 g/mol. The minimum Gasteiger partial charge on any atom is -0.353 e. The first-order chi connectivity index (χ1) is 13.5. The number of hydrogen-bond acceptors (Lipinski definition) is 5. The minimum atomic E-state index is 0.155. The lowest BCUT2D eigenvalue weighted by Crippen LogP contribution is -2.38. The molecule has 2 aromatic heterocycles. The molecule has 0 unspecified atom stereocenters. The molecule has 0 N–H and O–H groups in total. The molecule has 6 heteroatoms. The first-order valence-electron chi connectivity index (χ1n) is 10.8. The summed E-state index contributed by atoms with van der Waals surface area (Å²) < 4.78 is 0. The van der Waals surface area contributed by atoms with Gasteiger partial charge in [-0.05, 0) is 58.4 Å². The molecule has 2 aliphatic rings. The van der Waals surface area contributed by atoms with Crippen LogP contribution in [0.25, 0.3) is 10.2 Å². The Morgan fingerprint density at radius 1 is 1.07 bits per heavy atom. The number of carbonyl (C=O) groups is 1. The Morgan fingerprint density at radius 3 is 2.50 bits per heavy atom. The highest BCUT2D eigenvalue weighted by molar-refractivity contribution is 7.20. The number of amides is 1. The van der Waals surface area contributed by atoms with Crippen LogP contribution in [0.1, 0.15) is 79.3 Å². The van der Waals surface area contributed by atoms with Crippen LogP contribution in [0, 0.1) is 13.8 Å². The van der Waals surface area contributed by atoms with E-state index in [1.54, 1.807) is 11.3 Å². The fraction of sp³-hybridized carbons (Fsp3) is 0.682. The maximum absolute atomic E-state index is 13.3. The van der Waals surface area contributed by atoms with Gasteiger partial charge >= 0.3 is 0 Å². The van der Waals surface area contributed by atoms with Gasteiger partial charge in [-0.3, -0.25) is 4.79 Å². The van der Waals surface area contributed by atoms with E-state index in [9.17, 15) is 4.79 Å². The van der Waals surface area contributed by atoms with Crippen LogP contribution in [0.2, 0.25) is 0 Å².